The van der Waals surface area contributed by atoms with Crippen LogP contribution in [0, 0.1) is 6.92 Å². The van der Waals surface area contributed by atoms with Crippen molar-refractivity contribution in [3.05, 3.63) is 57.3 Å². The van der Waals surface area contributed by atoms with E-state index in [4.69, 9.17) is 4.74 Å². The zero-order valence-corrected chi connectivity index (χ0v) is 19.3. The molecule has 1 unspecified atom stereocenters. The highest BCUT2D eigenvalue weighted by molar-refractivity contribution is 7.10. The third kappa shape index (κ3) is 4.70. The van der Waals surface area contributed by atoms with E-state index >= 15 is 0 Å². The number of rotatable bonds is 6. The molecule has 1 atom stereocenters. The van der Waals surface area contributed by atoms with Crippen LogP contribution in [0.2, 0.25) is 0 Å². The van der Waals surface area contributed by atoms with Gasteiger partial charge in [-0.3, -0.25) is 9.59 Å². The molecule has 0 N–H and O–H groups in total. The van der Waals surface area contributed by atoms with E-state index in [1.165, 1.54) is 35.1 Å². The summed E-state index contributed by atoms with van der Waals surface area (Å²) in [5.41, 5.74) is 3.58. The van der Waals surface area contributed by atoms with Crippen molar-refractivity contribution in [2.24, 2.45) is 0 Å². The quantitative estimate of drug-likeness (QED) is 0.671. The number of hydrogen-bond acceptors (Lipinski definition) is 4. The number of benzene rings is 1. The molecular weight excluding hydrogens is 408 g/mol. The fraction of sp³-hybridized carbons (Fsp3) is 0.520. The Balaban J connectivity index is 1.62. The van der Waals surface area contributed by atoms with E-state index in [1.54, 1.807) is 16.2 Å². The van der Waals surface area contributed by atoms with Crippen LogP contribution in [-0.2, 0) is 20.7 Å². The van der Waals surface area contributed by atoms with Crippen molar-refractivity contribution in [1.82, 2.24) is 9.80 Å². The SMILES string of the molecule is COCC(=O)N(CC(=O)N1CCc2sccc2C1c1ccccc1C)C1CCCCC1. The molecular formula is C25H32N2O3S. The zero-order chi connectivity index (χ0) is 21.8. The van der Waals surface area contributed by atoms with Crippen LogP contribution < -0.4 is 0 Å². The Bertz CT molecular complexity index is 919. The monoisotopic (exact) mass is 440 g/mol. The normalized spacial score (nSPS) is 19.2. The maximum atomic E-state index is 13.7. The average Bonchev–Trinajstić information content (AvgIpc) is 3.27. The summed E-state index contributed by atoms with van der Waals surface area (Å²) in [5, 5.41) is 2.13. The summed E-state index contributed by atoms with van der Waals surface area (Å²) < 4.78 is 5.13. The van der Waals surface area contributed by atoms with Gasteiger partial charge in [0.15, 0.2) is 0 Å². The van der Waals surface area contributed by atoms with E-state index in [-0.39, 0.29) is 37.0 Å². The molecule has 2 amide bonds. The molecule has 5 nitrogen and oxygen atoms in total. The van der Waals surface area contributed by atoms with Gasteiger partial charge in [0.25, 0.3) is 0 Å². The molecule has 2 aliphatic rings. The van der Waals surface area contributed by atoms with Gasteiger partial charge in [-0.2, -0.15) is 0 Å². The number of fused-ring (bicyclic) bond motifs is 1. The predicted molar refractivity (Wildman–Crippen MR) is 123 cm³/mol. The maximum Gasteiger partial charge on any atom is 0.249 e. The minimum Gasteiger partial charge on any atom is -0.375 e. The number of thiophene rings is 1. The zero-order valence-electron chi connectivity index (χ0n) is 18.5. The Kier molecular flexibility index (Phi) is 7.08. The van der Waals surface area contributed by atoms with Gasteiger partial charge in [-0.1, -0.05) is 43.5 Å². The lowest BCUT2D eigenvalue weighted by Gasteiger charge is -2.40. The molecule has 0 saturated heterocycles. The van der Waals surface area contributed by atoms with Crippen molar-refractivity contribution in [3.63, 3.8) is 0 Å². The molecule has 4 rings (SSSR count). The van der Waals surface area contributed by atoms with E-state index < -0.39 is 0 Å². The molecule has 2 aromatic rings. The highest BCUT2D eigenvalue weighted by atomic mass is 32.1. The van der Waals surface area contributed by atoms with E-state index in [2.05, 4.69) is 30.5 Å². The Morgan fingerprint density at radius 1 is 1.13 bits per heavy atom. The summed E-state index contributed by atoms with van der Waals surface area (Å²) in [7, 11) is 1.54. The molecule has 1 fully saturated rings. The van der Waals surface area contributed by atoms with Gasteiger partial charge in [0.2, 0.25) is 11.8 Å². The van der Waals surface area contributed by atoms with Crippen molar-refractivity contribution in [1.29, 1.82) is 0 Å². The topological polar surface area (TPSA) is 49.9 Å². The van der Waals surface area contributed by atoms with Gasteiger partial charge < -0.3 is 14.5 Å². The first-order chi connectivity index (χ1) is 15.1. The second kappa shape index (κ2) is 9.96. The maximum absolute atomic E-state index is 13.7. The smallest absolute Gasteiger partial charge is 0.249 e. The number of carbonyl (C=O) groups is 2. The molecule has 0 radical (unpaired) electrons. The van der Waals surface area contributed by atoms with Crippen LogP contribution in [0.15, 0.2) is 35.7 Å². The molecule has 6 heteroatoms. The van der Waals surface area contributed by atoms with Gasteiger partial charge in [0.05, 0.1) is 6.04 Å². The van der Waals surface area contributed by atoms with Crippen molar-refractivity contribution in [3.8, 4) is 0 Å². The number of ether oxygens (including phenoxy) is 1. The molecule has 0 bridgehead atoms. The van der Waals surface area contributed by atoms with Crippen molar-refractivity contribution < 1.29 is 14.3 Å². The molecule has 166 valence electrons. The second-order valence-corrected chi connectivity index (χ2v) is 9.64. The summed E-state index contributed by atoms with van der Waals surface area (Å²) in [5.74, 6) is -0.0523. The minimum absolute atomic E-state index is 0.0275. The summed E-state index contributed by atoms with van der Waals surface area (Å²) in [6, 6.07) is 10.5. The summed E-state index contributed by atoms with van der Waals surface area (Å²) in [6.07, 6.45) is 6.25. The predicted octanol–water partition coefficient (Wildman–Crippen LogP) is 4.34. The Labute approximate surface area is 189 Å². The molecule has 2 heterocycles. The highest BCUT2D eigenvalue weighted by Crippen LogP contribution is 2.39. The van der Waals surface area contributed by atoms with Crippen molar-refractivity contribution >= 4 is 23.2 Å². The lowest BCUT2D eigenvalue weighted by atomic mass is 9.90. The van der Waals surface area contributed by atoms with Crippen LogP contribution in [0.1, 0.15) is 59.7 Å². The molecule has 31 heavy (non-hydrogen) atoms. The van der Waals surface area contributed by atoms with Gasteiger partial charge >= 0.3 is 0 Å². The fourth-order valence-electron chi connectivity index (χ4n) is 5.07. The standard InChI is InChI=1S/C25H32N2O3S/c1-18-8-6-7-11-20(18)25-21-13-15-31-22(21)12-14-26(25)23(28)16-27(24(29)17-30-2)19-9-4-3-5-10-19/h6-8,11,13,15,19,25H,3-5,9-10,12,14,16-17H2,1-2H3. The van der Waals surface area contributed by atoms with Crippen LogP contribution in [0.5, 0.6) is 0 Å². The number of methoxy groups -OCH3 is 1. The average molecular weight is 441 g/mol. The van der Waals surface area contributed by atoms with Crippen LogP contribution in [0.4, 0.5) is 0 Å². The summed E-state index contributed by atoms with van der Waals surface area (Å²) in [4.78, 5) is 31.7. The van der Waals surface area contributed by atoms with Crippen LogP contribution >= 0.6 is 11.3 Å². The van der Waals surface area contributed by atoms with E-state index in [0.717, 1.165) is 32.1 Å². The van der Waals surface area contributed by atoms with Crippen molar-refractivity contribution in [2.45, 2.75) is 57.5 Å². The molecule has 1 aromatic heterocycles. The Hall–Kier alpha value is -2.18. The lowest BCUT2D eigenvalue weighted by Crippen LogP contribution is -2.51. The first kappa shape index (κ1) is 22.0. The lowest BCUT2D eigenvalue weighted by molar-refractivity contribution is -0.146. The first-order valence-electron chi connectivity index (χ1n) is 11.3. The highest BCUT2D eigenvalue weighted by Gasteiger charge is 2.36. The number of carbonyl (C=O) groups excluding carboxylic acids is 2. The van der Waals surface area contributed by atoms with Crippen LogP contribution in [-0.4, -0.2) is 54.5 Å². The number of nitrogens with zero attached hydrogens (tertiary/aromatic N) is 2. The Morgan fingerprint density at radius 3 is 2.65 bits per heavy atom. The van der Waals surface area contributed by atoms with Gasteiger partial charge in [0, 0.05) is 24.6 Å². The van der Waals surface area contributed by atoms with Crippen LogP contribution in [0.25, 0.3) is 0 Å². The van der Waals surface area contributed by atoms with E-state index in [1.807, 2.05) is 17.0 Å². The molecule has 0 spiro atoms. The van der Waals surface area contributed by atoms with Gasteiger partial charge in [-0.25, -0.2) is 0 Å². The largest absolute Gasteiger partial charge is 0.375 e. The fourth-order valence-corrected chi connectivity index (χ4v) is 5.97. The second-order valence-electron chi connectivity index (χ2n) is 8.64. The van der Waals surface area contributed by atoms with Crippen molar-refractivity contribution in [2.75, 3.05) is 26.8 Å². The number of hydrogen-bond donors (Lipinski definition) is 0. The number of amides is 2. The minimum atomic E-state index is -0.0885. The first-order valence-corrected chi connectivity index (χ1v) is 12.2. The summed E-state index contributed by atoms with van der Waals surface area (Å²) in [6.45, 7) is 2.95. The molecule has 1 aliphatic carbocycles. The van der Waals surface area contributed by atoms with Gasteiger partial charge in [0.1, 0.15) is 13.2 Å². The Morgan fingerprint density at radius 2 is 1.90 bits per heavy atom. The molecule has 1 aliphatic heterocycles. The summed E-state index contributed by atoms with van der Waals surface area (Å²) >= 11 is 1.77. The molecule has 1 saturated carbocycles. The van der Waals surface area contributed by atoms with Crippen LogP contribution in [0.3, 0.4) is 0 Å². The van der Waals surface area contributed by atoms with E-state index in [9.17, 15) is 9.59 Å². The number of aryl methyl sites for hydroxylation is 1. The third-order valence-corrected chi connectivity index (χ3v) is 7.68. The van der Waals surface area contributed by atoms with Gasteiger partial charge in [-0.15, -0.1) is 11.3 Å². The third-order valence-electron chi connectivity index (χ3n) is 6.68. The molecule has 1 aromatic carbocycles. The van der Waals surface area contributed by atoms with E-state index in [0.29, 0.717) is 6.54 Å². The van der Waals surface area contributed by atoms with Gasteiger partial charge in [-0.05, 0) is 54.3 Å².